The Morgan fingerprint density at radius 2 is 1.95 bits per heavy atom. The van der Waals surface area contributed by atoms with Crippen molar-refractivity contribution in [2.24, 2.45) is 0 Å². The van der Waals surface area contributed by atoms with E-state index in [-0.39, 0.29) is 29.0 Å². The van der Waals surface area contributed by atoms with E-state index in [2.05, 4.69) is 5.32 Å². The van der Waals surface area contributed by atoms with Gasteiger partial charge in [-0.3, -0.25) is 4.79 Å². The van der Waals surface area contributed by atoms with E-state index in [9.17, 15) is 9.18 Å². The maximum absolute atomic E-state index is 13.6. The molecule has 0 saturated carbocycles. The number of halogens is 3. The van der Waals surface area contributed by atoms with Gasteiger partial charge in [-0.15, -0.1) is 0 Å². The van der Waals surface area contributed by atoms with Crippen molar-refractivity contribution in [1.82, 2.24) is 5.32 Å². The highest BCUT2D eigenvalue weighted by atomic mass is 35.5. The zero-order valence-electron chi connectivity index (χ0n) is 11.4. The van der Waals surface area contributed by atoms with Gasteiger partial charge < -0.3 is 5.32 Å². The van der Waals surface area contributed by atoms with Crippen LogP contribution >= 0.6 is 23.2 Å². The van der Waals surface area contributed by atoms with E-state index in [0.717, 1.165) is 5.56 Å². The van der Waals surface area contributed by atoms with E-state index < -0.39 is 5.82 Å². The van der Waals surface area contributed by atoms with Crippen LogP contribution in [0.15, 0.2) is 42.5 Å². The lowest BCUT2D eigenvalue weighted by Gasteiger charge is -2.15. The lowest BCUT2D eigenvalue weighted by Crippen LogP contribution is -2.28. The van der Waals surface area contributed by atoms with Crippen molar-refractivity contribution in [2.45, 2.75) is 19.4 Å². The van der Waals surface area contributed by atoms with Crippen LogP contribution in [0.25, 0.3) is 0 Å². The first kappa shape index (κ1) is 15.8. The summed E-state index contributed by atoms with van der Waals surface area (Å²) in [4.78, 5) is 12.0. The van der Waals surface area contributed by atoms with E-state index in [4.69, 9.17) is 23.2 Å². The Morgan fingerprint density at radius 3 is 2.62 bits per heavy atom. The van der Waals surface area contributed by atoms with E-state index in [1.165, 1.54) is 12.1 Å². The second kappa shape index (κ2) is 6.92. The molecule has 2 aromatic carbocycles. The monoisotopic (exact) mass is 325 g/mol. The molecular formula is C16H14Cl2FNO. The first-order valence-corrected chi connectivity index (χ1v) is 7.20. The molecule has 0 radical (unpaired) electrons. The molecule has 0 fully saturated rings. The van der Waals surface area contributed by atoms with Crippen LogP contribution in [0.3, 0.4) is 0 Å². The van der Waals surface area contributed by atoms with E-state index in [0.29, 0.717) is 5.02 Å². The molecule has 2 rings (SSSR count). The predicted molar refractivity (Wildman–Crippen MR) is 83.1 cm³/mol. The standard InChI is InChI=1S/C16H14Cl2FNO/c1-10(11-4-2-5-12(17)8-11)20-16(21)9-13-14(18)6-3-7-15(13)19/h2-8,10H,9H2,1H3,(H,20,21). The van der Waals surface area contributed by atoms with Crippen LogP contribution in [0.2, 0.25) is 10.0 Å². The summed E-state index contributed by atoms with van der Waals surface area (Å²) in [5.41, 5.74) is 1.09. The highest BCUT2D eigenvalue weighted by Crippen LogP contribution is 2.21. The fraction of sp³-hybridized carbons (Fsp3) is 0.188. The molecule has 0 bridgehead atoms. The van der Waals surface area contributed by atoms with Crippen molar-refractivity contribution in [3.8, 4) is 0 Å². The first-order valence-electron chi connectivity index (χ1n) is 6.45. The smallest absolute Gasteiger partial charge is 0.225 e. The van der Waals surface area contributed by atoms with Gasteiger partial charge in [0.2, 0.25) is 5.91 Å². The summed E-state index contributed by atoms with van der Waals surface area (Å²) in [5.74, 6) is -0.775. The number of benzene rings is 2. The van der Waals surface area contributed by atoms with Crippen molar-refractivity contribution >= 4 is 29.1 Å². The largest absolute Gasteiger partial charge is 0.349 e. The van der Waals surface area contributed by atoms with Crippen molar-refractivity contribution < 1.29 is 9.18 Å². The van der Waals surface area contributed by atoms with Gasteiger partial charge in [0.1, 0.15) is 5.82 Å². The molecule has 0 aliphatic heterocycles. The molecular weight excluding hydrogens is 312 g/mol. The third-order valence-corrected chi connectivity index (χ3v) is 3.71. The molecule has 110 valence electrons. The van der Waals surface area contributed by atoms with Gasteiger partial charge in [0, 0.05) is 15.6 Å². The summed E-state index contributed by atoms with van der Waals surface area (Å²) in [6.07, 6.45) is -0.101. The van der Waals surface area contributed by atoms with Gasteiger partial charge in [0.15, 0.2) is 0 Å². The summed E-state index contributed by atoms with van der Waals surface area (Å²) < 4.78 is 13.6. The highest BCUT2D eigenvalue weighted by Gasteiger charge is 2.14. The Morgan fingerprint density at radius 1 is 1.24 bits per heavy atom. The van der Waals surface area contributed by atoms with Crippen LogP contribution in [0.5, 0.6) is 0 Å². The molecule has 0 saturated heterocycles. The molecule has 0 spiro atoms. The summed E-state index contributed by atoms with van der Waals surface area (Å²) in [5, 5.41) is 3.66. The summed E-state index contributed by atoms with van der Waals surface area (Å²) >= 11 is 11.8. The molecule has 0 heterocycles. The van der Waals surface area contributed by atoms with Crippen LogP contribution in [0.1, 0.15) is 24.1 Å². The van der Waals surface area contributed by atoms with Crippen LogP contribution in [0, 0.1) is 5.82 Å². The van der Waals surface area contributed by atoms with Crippen molar-refractivity contribution in [1.29, 1.82) is 0 Å². The zero-order valence-corrected chi connectivity index (χ0v) is 12.9. The van der Waals surface area contributed by atoms with Crippen molar-refractivity contribution in [2.75, 3.05) is 0 Å². The van der Waals surface area contributed by atoms with E-state index in [1.54, 1.807) is 18.2 Å². The SMILES string of the molecule is CC(NC(=O)Cc1c(F)cccc1Cl)c1cccc(Cl)c1. The second-order valence-electron chi connectivity index (χ2n) is 4.72. The van der Waals surface area contributed by atoms with Gasteiger partial charge in [-0.2, -0.15) is 0 Å². The minimum absolute atomic E-state index is 0.101. The predicted octanol–water partition coefficient (Wildman–Crippen LogP) is 4.55. The van der Waals surface area contributed by atoms with Crippen LogP contribution < -0.4 is 5.32 Å². The molecule has 1 unspecified atom stereocenters. The number of carbonyl (C=O) groups is 1. The molecule has 2 aromatic rings. The molecule has 0 aliphatic carbocycles. The first-order chi connectivity index (χ1) is 9.97. The van der Waals surface area contributed by atoms with Crippen LogP contribution in [-0.4, -0.2) is 5.91 Å². The van der Waals surface area contributed by atoms with Crippen molar-refractivity contribution in [3.05, 3.63) is 69.5 Å². The Kier molecular flexibility index (Phi) is 5.21. The topological polar surface area (TPSA) is 29.1 Å². The van der Waals surface area contributed by atoms with Gasteiger partial charge in [-0.05, 0) is 36.8 Å². The molecule has 1 atom stereocenters. The van der Waals surface area contributed by atoms with E-state index in [1.807, 2.05) is 19.1 Å². The van der Waals surface area contributed by atoms with Gasteiger partial charge in [-0.25, -0.2) is 4.39 Å². The quantitative estimate of drug-likeness (QED) is 0.877. The van der Waals surface area contributed by atoms with E-state index >= 15 is 0 Å². The summed E-state index contributed by atoms with van der Waals surface area (Å²) in [6.45, 7) is 1.84. The maximum Gasteiger partial charge on any atom is 0.225 e. The average molecular weight is 326 g/mol. The van der Waals surface area contributed by atoms with Gasteiger partial charge in [0.05, 0.1) is 12.5 Å². The Labute approximate surface area is 132 Å². The fourth-order valence-electron chi connectivity index (χ4n) is 2.01. The normalized spacial score (nSPS) is 12.0. The molecule has 0 aromatic heterocycles. The van der Waals surface area contributed by atoms with Gasteiger partial charge in [0.25, 0.3) is 0 Å². The van der Waals surface area contributed by atoms with Crippen LogP contribution in [-0.2, 0) is 11.2 Å². The van der Waals surface area contributed by atoms with Gasteiger partial charge in [-0.1, -0.05) is 41.4 Å². The summed E-state index contributed by atoms with van der Waals surface area (Å²) in [6, 6.07) is 11.4. The lowest BCUT2D eigenvalue weighted by molar-refractivity contribution is -0.121. The molecule has 2 nitrogen and oxygen atoms in total. The molecule has 21 heavy (non-hydrogen) atoms. The minimum atomic E-state index is -0.479. The third kappa shape index (κ3) is 4.19. The number of amides is 1. The lowest BCUT2D eigenvalue weighted by atomic mass is 10.1. The summed E-state index contributed by atoms with van der Waals surface area (Å²) in [7, 11) is 0. The van der Waals surface area contributed by atoms with Gasteiger partial charge >= 0.3 is 0 Å². The molecule has 1 amide bonds. The number of hydrogen-bond donors (Lipinski definition) is 1. The number of carbonyl (C=O) groups excluding carboxylic acids is 1. The number of nitrogens with one attached hydrogen (secondary N) is 1. The minimum Gasteiger partial charge on any atom is -0.349 e. The second-order valence-corrected chi connectivity index (χ2v) is 5.56. The Balaban J connectivity index is 2.05. The average Bonchev–Trinajstić information content (AvgIpc) is 2.43. The fourth-order valence-corrected chi connectivity index (χ4v) is 2.44. The molecule has 0 aliphatic rings. The number of rotatable bonds is 4. The molecule has 5 heteroatoms. The maximum atomic E-state index is 13.6. The number of hydrogen-bond acceptors (Lipinski definition) is 1. The highest BCUT2D eigenvalue weighted by molar-refractivity contribution is 6.31. The Bertz CT molecular complexity index is 640. The zero-order chi connectivity index (χ0) is 15.4. The third-order valence-electron chi connectivity index (χ3n) is 3.13. The Hall–Kier alpha value is -1.58. The van der Waals surface area contributed by atoms with Crippen molar-refractivity contribution in [3.63, 3.8) is 0 Å². The van der Waals surface area contributed by atoms with Crippen LogP contribution in [0.4, 0.5) is 4.39 Å². The molecule has 1 N–H and O–H groups in total.